The first-order chi connectivity index (χ1) is 9.52. The molecule has 100 valence electrons. The first kappa shape index (κ1) is 12.6. The second-order valence-corrected chi connectivity index (χ2v) is 4.70. The number of fused-ring (bicyclic) bond motifs is 1. The predicted molar refractivity (Wildman–Crippen MR) is 73.4 cm³/mol. The Morgan fingerprint density at radius 2 is 1.75 bits per heavy atom. The molecule has 2 aromatic rings. The van der Waals surface area contributed by atoms with Crippen LogP contribution in [0.4, 0.5) is 15.8 Å². The Balaban J connectivity index is 2.20. The highest BCUT2D eigenvalue weighted by Crippen LogP contribution is 2.34. The molecule has 3 rings (SSSR count). The highest BCUT2D eigenvalue weighted by atomic mass is 35.5. The average molecular weight is 291 g/mol. The molecule has 0 aliphatic carbocycles. The lowest BCUT2D eigenvalue weighted by Gasteiger charge is -2.15. The largest absolute Gasteiger partial charge is 0.398 e. The van der Waals surface area contributed by atoms with Gasteiger partial charge in [-0.2, -0.15) is 0 Å². The Labute approximate surface area is 118 Å². The first-order valence-corrected chi connectivity index (χ1v) is 6.11. The second-order valence-electron chi connectivity index (χ2n) is 4.29. The molecule has 6 heteroatoms. The number of imide groups is 1. The number of benzene rings is 2. The predicted octanol–water partition coefficient (Wildman–Crippen LogP) is 2.86. The number of nitrogens with two attached hydrogens (primary N) is 1. The van der Waals surface area contributed by atoms with E-state index in [0.717, 1.165) is 4.90 Å². The number of rotatable bonds is 1. The van der Waals surface area contributed by atoms with Crippen molar-refractivity contribution in [3.8, 4) is 0 Å². The Morgan fingerprint density at radius 3 is 2.45 bits per heavy atom. The third-order valence-corrected chi connectivity index (χ3v) is 3.41. The fourth-order valence-electron chi connectivity index (χ4n) is 2.20. The van der Waals surface area contributed by atoms with Gasteiger partial charge in [0.15, 0.2) is 5.82 Å². The van der Waals surface area contributed by atoms with Crippen LogP contribution >= 0.6 is 11.6 Å². The topological polar surface area (TPSA) is 63.4 Å². The Morgan fingerprint density at radius 1 is 1.05 bits per heavy atom. The lowest BCUT2D eigenvalue weighted by atomic mass is 10.1. The van der Waals surface area contributed by atoms with E-state index < -0.39 is 17.6 Å². The minimum atomic E-state index is -0.817. The quantitative estimate of drug-likeness (QED) is 0.649. The van der Waals surface area contributed by atoms with E-state index in [1.807, 2.05) is 0 Å². The molecular formula is C14H8ClFN2O2. The van der Waals surface area contributed by atoms with Crippen LogP contribution in [0.3, 0.4) is 0 Å². The molecule has 0 aromatic heterocycles. The number of hydrogen-bond acceptors (Lipinski definition) is 3. The molecule has 0 spiro atoms. The van der Waals surface area contributed by atoms with Gasteiger partial charge in [-0.05, 0) is 24.3 Å². The van der Waals surface area contributed by atoms with Crippen LogP contribution < -0.4 is 10.6 Å². The smallest absolute Gasteiger partial charge is 0.268 e. The maximum atomic E-state index is 14.0. The van der Waals surface area contributed by atoms with E-state index in [1.54, 1.807) is 6.07 Å². The van der Waals surface area contributed by atoms with Gasteiger partial charge in [-0.15, -0.1) is 0 Å². The maximum absolute atomic E-state index is 14.0. The molecule has 0 fully saturated rings. The summed E-state index contributed by atoms with van der Waals surface area (Å²) in [4.78, 5) is 25.3. The van der Waals surface area contributed by atoms with Gasteiger partial charge in [-0.25, -0.2) is 9.29 Å². The molecule has 2 N–H and O–H groups in total. The Hall–Kier alpha value is -2.40. The van der Waals surface area contributed by atoms with E-state index in [2.05, 4.69) is 0 Å². The molecule has 1 aliphatic heterocycles. The van der Waals surface area contributed by atoms with Gasteiger partial charge in [-0.3, -0.25) is 9.59 Å². The summed E-state index contributed by atoms with van der Waals surface area (Å²) in [6, 6.07) is 8.69. The number of halogens is 2. The first-order valence-electron chi connectivity index (χ1n) is 5.73. The van der Waals surface area contributed by atoms with Crippen LogP contribution in [0.1, 0.15) is 20.7 Å². The number of carbonyl (C=O) groups is 2. The van der Waals surface area contributed by atoms with Crippen molar-refractivity contribution < 1.29 is 14.0 Å². The summed E-state index contributed by atoms with van der Waals surface area (Å²) in [6.45, 7) is 0. The van der Waals surface area contributed by atoms with Crippen molar-refractivity contribution in [2.45, 2.75) is 0 Å². The van der Waals surface area contributed by atoms with Crippen LogP contribution in [-0.4, -0.2) is 11.8 Å². The molecule has 0 atom stereocenters. The van der Waals surface area contributed by atoms with Crippen molar-refractivity contribution in [1.82, 2.24) is 0 Å². The zero-order chi connectivity index (χ0) is 14.4. The number of amides is 2. The number of nitrogen functional groups attached to an aromatic ring is 1. The molecule has 0 saturated carbocycles. The van der Waals surface area contributed by atoms with Crippen LogP contribution in [0.15, 0.2) is 36.4 Å². The standard InChI is InChI=1S/C14H8ClFN2O2/c15-8-4-2-6-10(12(8)16)18-13(19)7-3-1-5-9(17)11(7)14(18)20/h1-6H,17H2. The fourth-order valence-corrected chi connectivity index (χ4v) is 2.37. The van der Waals surface area contributed by atoms with Gasteiger partial charge in [-0.1, -0.05) is 23.7 Å². The molecule has 4 nitrogen and oxygen atoms in total. The number of nitrogens with zero attached hydrogens (tertiary/aromatic N) is 1. The maximum Gasteiger partial charge on any atom is 0.268 e. The van der Waals surface area contributed by atoms with Crippen molar-refractivity contribution in [1.29, 1.82) is 0 Å². The molecule has 0 bridgehead atoms. The zero-order valence-corrected chi connectivity index (χ0v) is 10.8. The third-order valence-electron chi connectivity index (χ3n) is 3.12. The molecule has 0 radical (unpaired) electrons. The number of anilines is 2. The monoisotopic (exact) mass is 290 g/mol. The van der Waals surface area contributed by atoms with Crippen molar-refractivity contribution in [2.75, 3.05) is 10.6 Å². The van der Waals surface area contributed by atoms with Gasteiger partial charge in [0.05, 0.1) is 21.8 Å². The minimum Gasteiger partial charge on any atom is -0.398 e. The summed E-state index contributed by atoms with van der Waals surface area (Å²) in [5.41, 5.74) is 5.98. The highest BCUT2D eigenvalue weighted by molar-refractivity contribution is 6.36. The summed E-state index contributed by atoms with van der Waals surface area (Å²) in [7, 11) is 0. The van der Waals surface area contributed by atoms with E-state index in [-0.39, 0.29) is 27.5 Å². The van der Waals surface area contributed by atoms with Gasteiger partial charge in [0.2, 0.25) is 0 Å². The zero-order valence-electron chi connectivity index (χ0n) is 10.1. The Bertz CT molecular complexity index is 761. The van der Waals surface area contributed by atoms with Gasteiger partial charge in [0.1, 0.15) is 0 Å². The van der Waals surface area contributed by atoms with E-state index in [1.165, 1.54) is 30.3 Å². The molecule has 1 heterocycles. The van der Waals surface area contributed by atoms with Crippen LogP contribution in [0.5, 0.6) is 0 Å². The molecule has 20 heavy (non-hydrogen) atoms. The van der Waals surface area contributed by atoms with Crippen molar-refractivity contribution in [2.24, 2.45) is 0 Å². The lowest BCUT2D eigenvalue weighted by molar-refractivity contribution is 0.0925. The van der Waals surface area contributed by atoms with E-state index in [0.29, 0.717) is 0 Å². The Kier molecular flexibility index (Phi) is 2.72. The molecular weight excluding hydrogens is 283 g/mol. The van der Waals surface area contributed by atoms with E-state index in [9.17, 15) is 14.0 Å². The summed E-state index contributed by atoms with van der Waals surface area (Å²) >= 11 is 5.68. The van der Waals surface area contributed by atoms with Crippen LogP contribution in [0, 0.1) is 5.82 Å². The molecule has 2 aromatic carbocycles. The van der Waals surface area contributed by atoms with Crippen molar-refractivity contribution in [3.63, 3.8) is 0 Å². The van der Waals surface area contributed by atoms with Gasteiger partial charge in [0.25, 0.3) is 11.8 Å². The fraction of sp³-hybridized carbons (Fsp3) is 0. The summed E-state index contributed by atoms with van der Waals surface area (Å²) in [6.07, 6.45) is 0. The van der Waals surface area contributed by atoms with Crippen LogP contribution in [-0.2, 0) is 0 Å². The molecule has 1 aliphatic rings. The van der Waals surface area contributed by atoms with Gasteiger partial charge >= 0.3 is 0 Å². The van der Waals surface area contributed by atoms with E-state index in [4.69, 9.17) is 17.3 Å². The average Bonchev–Trinajstić information content (AvgIpc) is 2.67. The normalized spacial score (nSPS) is 13.8. The minimum absolute atomic E-state index is 0.0943. The van der Waals surface area contributed by atoms with Crippen LogP contribution in [0.25, 0.3) is 0 Å². The van der Waals surface area contributed by atoms with Crippen LogP contribution in [0.2, 0.25) is 5.02 Å². The highest BCUT2D eigenvalue weighted by Gasteiger charge is 2.39. The van der Waals surface area contributed by atoms with Gasteiger partial charge in [0, 0.05) is 5.69 Å². The second kappa shape index (κ2) is 4.31. The molecule has 0 unspecified atom stereocenters. The number of carbonyl (C=O) groups excluding carboxylic acids is 2. The van der Waals surface area contributed by atoms with Crippen molar-refractivity contribution in [3.05, 3.63) is 58.4 Å². The van der Waals surface area contributed by atoms with Gasteiger partial charge < -0.3 is 5.73 Å². The summed E-state index contributed by atoms with van der Waals surface area (Å²) in [5.74, 6) is -2.08. The third kappa shape index (κ3) is 1.60. The summed E-state index contributed by atoms with van der Waals surface area (Å²) in [5, 5.41) is -0.160. The molecule has 2 amide bonds. The van der Waals surface area contributed by atoms with Crippen molar-refractivity contribution >= 4 is 34.8 Å². The molecule has 0 saturated heterocycles. The summed E-state index contributed by atoms with van der Waals surface area (Å²) < 4.78 is 14.0. The number of hydrogen-bond donors (Lipinski definition) is 1. The van der Waals surface area contributed by atoms with E-state index >= 15 is 0 Å². The SMILES string of the molecule is Nc1cccc2c1C(=O)N(c1cccc(Cl)c1F)C2=O. The lowest BCUT2D eigenvalue weighted by Crippen LogP contribution is -2.30.